The van der Waals surface area contributed by atoms with E-state index in [1.807, 2.05) is 0 Å². The van der Waals surface area contributed by atoms with Gasteiger partial charge in [0.15, 0.2) is 0 Å². The molecule has 3 aromatic rings. The molecule has 0 radical (unpaired) electrons. The summed E-state index contributed by atoms with van der Waals surface area (Å²) < 4.78 is 33.4. The van der Waals surface area contributed by atoms with Crippen LogP contribution in [-0.4, -0.2) is 22.1 Å². The van der Waals surface area contributed by atoms with Crippen LogP contribution in [0.4, 0.5) is 8.78 Å². The summed E-state index contributed by atoms with van der Waals surface area (Å²) >= 11 is 0. The molecule has 0 amide bonds. The highest BCUT2D eigenvalue weighted by Gasteiger charge is 2.19. The number of rotatable bonds is 3. The van der Waals surface area contributed by atoms with Crippen LogP contribution < -0.4 is 5.43 Å². The third kappa shape index (κ3) is 2.64. The molecule has 2 heterocycles. The van der Waals surface area contributed by atoms with E-state index < -0.39 is 23.0 Å². The van der Waals surface area contributed by atoms with Gasteiger partial charge in [-0.25, -0.2) is 18.6 Å². The largest absolute Gasteiger partial charge is 0.462 e. The molecular formula is C17H12F2N2O3. The van der Waals surface area contributed by atoms with Crippen molar-refractivity contribution in [1.82, 2.24) is 9.55 Å². The molecule has 3 rings (SSSR count). The van der Waals surface area contributed by atoms with E-state index in [1.54, 1.807) is 6.92 Å². The number of hydrogen-bond donors (Lipinski definition) is 0. The minimum Gasteiger partial charge on any atom is -0.462 e. The molecule has 0 spiro atoms. The van der Waals surface area contributed by atoms with Crippen LogP contribution in [0, 0.1) is 11.6 Å². The van der Waals surface area contributed by atoms with Crippen LogP contribution in [-0.2, 0) is 4.74 Å². The number of pyridine rings is 2. The zero-order chi connectivity index (χ0) is 17.3. The molecule has 24 heavy (non-hydrogen) atoms. The minimum atomic E-state index is -0.847. The normalized spacial score (nSPS) is 10.8. The maximum Gasteiger partial charge on any atom is 0.343 e. The van der Waals surface area contributed by atoms with Crippen molar-refractivity contribution < 1.29 is 18.3 Å². The highest BCUT2D eigenvalue weighted by molar-refractivity contribution is 5.93. The van der Waals surface area contributed by atoms with Crippen LogP contribution in [0.25, 0.3) is 16.7 Å². The highest BCUT2D eigenvalue weighted by atomic mass is 19.1. The standard InChI is InChI=1S/C17H12F2N2O3/c1-2-24-17(23)12-9-21(14-6-5-10(18)8-13(14)19)16-11(15(12)22)4-3-7-20-16/h3-9H,2H2,1H3. The number of hydrogen-bond acceptors (Lipinski definition) is 4. The lowest BCUT2D eigenvalue weighted by atomic mass is 10.1. The molecule has 5 nitrogen and oxygen atoms in total. The number of carbonyl (C=O) groups excluding carboxylic acids is 1. The lowest BCUT2D eigenvalue weighted by Gasteiger charge is -2.13. The van der Waals surface area contributed by atoms with Gasteiger partial charge in [-0.1, -0.05) is 0 Å². The average molecular weight is 330 g/mol. The van der Waals surface area contributed by atoms with Gasteiger partial charge in [-0.3, -0.25) is 9.36 Å². The second-order valence-electron chi connectivity index (χ2n) is 4.93. The van der Waals surface area contributed by atoms with Gasteiger partial charge in [0.2, 0.25) is 5.43 Å². The molecule has 0 fully saturated rings. The van der Waals surface area contributed by atoms with Gasteiger partial charge >= 0.3 is 5.97 Å². The van der Waals surface area contributed by atoms with Crippen LogP contribution in [0.15, 0.2) is 47.5 Å². The topological polar surface area (TPSA) is 61.2 Å². The Labute approximate surface area is 135 Å². The number of fused-ring (bicyclic) bond motifs is 1. The molecule has 1 aromatic carbocycles. The van der Waals surface area contributed by atoms with Crippen LogP contribution >= 0.6 is 0 Å². The fourth-order valence-electron chi connectivity index (χ4n) is 2.37. The van der Waals surface area contributed by atoms with Crippen molar-refractivity contribution >= 4 is 17.0 Å². The van der Waals surface area contributed by atoms with Crippen molar-refractivity contribution in [2.24, 2.45) is 0 Å². The summed E-state index contributed by atoms with van der Waals surface area (Å²) in [4.78, 5) is 28.6. The van der Waals surface area contributed by atoms with Gasteiger partial charge in [-0.2, -0.15) is 0 Å². The number of benzene rings is 1. The molecule has 0 aliphatic rings. The molecule has 122 valence electrons. The first-order valence-electron chi connectivity index (χ1n) is 7.16. The number of esters is 1. The first-order valence-corrected chi connectivity index (χ1v) is 7.16. The number of nitrogens with zero attached hydrogens (tertiary/aromatic N) is 2. The van der Waals surface area contributed by atoms with Gasteiger partial charge in [-0.15, -0.1) is 0 Å². The van der Waals surface area contributed by atoms with Crippen molar-refractivity contribution in [3.05, 3.63) is 70.1 Å². The van der Waals surface area contributed by atoms with Crippen molar-refractivity contribution in [3.63, 3.8) is 0 Å². The molecule has 0 bridgehead atoms. The van der Waals surface area contributed by atoms with Gasteiger partial charge < -0.3 is 4.74 Å². The molecule has 0 N–H and O–H groups in total. The summed E-state index contributed by atoms with van der Waals surface area (Å²) in [5.74, 6) is -2.40. The van der Waals surface area contributed by atoms with Crippen molar-refractivity contribution in [3.8, 4) is 5.69 Å². The fourth-order valence-corrected chi connectivity index (χ4v) is 2.37. The predicted molar refractivity (Wildman–Crippen MR) is 83.2 cm³/mol. The second-order valence-corrected chi connectivity index (χ2v) is 4.93. The summed E-state index contributed by atoms with van der Waals surface area (Å²) in [5.41, 5.74) is -0.692. The Bertz CT molecular complexity index is 999. The molecule has 0 saturated heterocycles. The lowest BCUT2D eigenvalue weighted by molar-refractivity contribution is 0.0524. The second kappa shape index (κ2) is 6.19. The number of ether oxygens (including phenoxy) is 1. The van der Waals surface area contributed by atoms with E-state index in [0.29, 0.717) is 6.07 Å². The molecule has 2 aromatic heterocycles. The zero-order valence-electron chi connectivity index (χ0n) is 12.6. The highest BCUT2D eigenvalue weighted by Crippen LogP contribution is 2.19. The Morgan fingerprint density at radius 2 is 2.08 bits per heavy atom. The maximum atomic E-state index is 14.2. The monoisotopic (exact) mass is 330 g/mol. The minimum absolute atomic E-state index is 0.0364. The third-order valence-corrected chi connectivity index (χ3v) is 3.43. The number of carbonyl (C=O) groups is 1. The van der Waals surface area contributed by atoms with E-state index in [2.05, 4.69) is 4.98 Å². The number of halogens is 2. The van der Waals surface area contributed by atoms with E-state index in [4.69, 9.17) is 4.74 Å². The summed E-state index contributed by atoms with van der Waals surface area (Å²) in [5, 5.41) is 0.131. The lowest BCUT2D eigenvalue weighted by Crippen LogP contribution is -2.21. The van der Waals surface area contributed by atoms with E-state index in [9.17, 15) is 18.4 Å². The van der Waals surface area contributed by atoms with Crippen molar-refractivity contribution in [2.75, 3.05) is 6.61 Å². The van der Waals surface area contributed by atoms with E-state index in [0.717, 1.165) is 12.3 Å². The van der Waals surface area contributed by atoms with Crippen LogP contribution in [0.5, 0.6) is 0 Å². The maximum absolute atomic E-state index is 14.2. The molecular weight excluding hydrogens is 318 g/mol. The van der Waals surface area contributed by atoms with Crippen molar-refractivity contribution in [1.29, 1.82) is 0 Å². The molecule has 7 heteroatoms. The smallest absolute Gasteiger partial charge is 0.343 e. The molecule has 0 aliphatic carbocycles. The quantitative estimate of drug-likeness (QED) is 0.693. The summed E-state index contributed by atoms with van der Waals surface area (Å²) in [6, 6.07) is 6.01. The average Bonchev–Trinajstić information content (AvgIpc) is 2.56. The Morgan fingerprint density at radius 1 is 1.29 bits per heavy atom. The number of aromatic nitrogens is 2. The summed E-state index contributed by atoms with van der Waals surface area (Å²) in [7, 11) is 0. The van der Waals surface area contributed by atoms with Gasteiger partial charge in [0.25, 0.3) is 0 Å². The first-order chi connectivity index (χ1) is 11.5. The van der Waals surface area contributed by atoms with Crippen LogP contribution in [0.2, 0.25) is 0 Å². The molecule has 0 aliphatic heterocycles. The molecule has 0 saturated carbocycles. The predicted octanol–water partition coefficient (Wildman–Crippen LogP) is 2.84. The first kappa shape index (κ1) is 15.8. The Hall–Kier alpha value is -3.09. The van der Waals surface area contributed by atoms with Gasteiger partial charge in [0, 0.05) is 18.5 Å². The fraction of sp³-hybridized carbons (Fsp3) is 0.118. The summed E-state index contributed by atoms with van der Waals surface area (Å²) in [6.07, 6.45) is 2.59. The molecule has 0 atom stereocenters. The third-order valence-electron chi connectivity index (χ3n) is 3.43. The Balaban J connectivity index is 2.36. The van der Waals surface area contributed by atoms with E-state index in [1.165, 1.54) is 29.0 Å². The van der Waals surface area contributed by atoms with Gasteiger partial charge in [0.1, 0.15) is 22.8 Å². The van der Waals surface area contributed by atoms with E-state index >= 15 is 0 Å². The Morgan fingerprint density at radius 3 is 2.79 bits per heavy atom. The summed E-state index contributed by atoms with van der Waals surface area (Å²) in [6.45, 7) is 1.70. The van der Waals surface area contributed by atoms with Crippen molar-refractivity contribution in [2.45, 2.75) is 6.92 Å². The SMILES string of the molecule is CCOC(=O)c1cn(-c2ccc(F)cc2F)c2ncccc2c1=O. The van der Waals surface area contributed by atoms with Crippen LogP contribution in [0.1, 0.15) is 17.3 Å². The van der Waals surface area contributed by atoms with Gasteiger partial charge in [0.05, 0.1) is 17.7 Å². The Kier molecular flexibility index (Phi) is 4.07. The van der Waals surface area contributed by atoms with E-state index in [-0.39, 0.29) is 28.9 Å². The molecule has 0 unspecified atom stereocenters. The zero-order valence-corrected chi connectivity index (χ0v) is 12.6. The van der Waals surface area contributed by atoms with Crippen LogP contribution in [0.3, 0.4) is 0 Å². The van der Waals surface area contributed by atoms with Gasteiger partial charge in [-0.05, 0) is 31.2 Å².